The van der Waals surface area contributed by atoms with Gasteiger partial charge in [0.2, 0.25) is 0 Å². The smallest absolute Gasteiger partial charge is 0.0491 e. The lowest BCUT2D eigenvalue weighted by molar-refractivity contribution is 0.147. The van der Waals surface area contributed by atoms with E-state index in [1.54, 1.807) is 0 Å². The largest absolute Gasteiger partial charge is 0.346 e. The lowest BCUT2D eigenvalue weighted by Crippen LogP contribution is -2.47. The van der Waals surface area contributed by atoms with Gasteiger partial charge in [0.1, 0.15) is 0 Å². The van der Waals surface area contributed by atoms with Crippen molar-refractivity contribution in [2.45, 2.75) is 47.0 Å². The zero-order valence-electron chi connectivity index (χ0n) is 25.0. The number of fused-ring (bicyclic) bond motifs is 1. The van der Waals surface area contributed by atoms with Crippen LogP contribution in [0.15, 0.2) is 77.5 Å². The molecule has 4 heteroatoms. The Morgan fingerprint density at radius 2 is 1.69 bits per heavy atom. The van der Waals surface area contributed by atoms with E-state index in [1.165, 1.54) is 44.8 Å². The van der Waals surface area contributed by atoms with E-state index in [9.17, 15) is 0 Å². The number of benzene rings is 2. The van der Waals surface area contributed by atoms with Crippen LogP contribution in [0.1, 0.15) is 55.9 Å². The lowest BCUT2D eigenvalue weighted by Gasteiger charge is -2.37. The Balaban J connectivity index is 1.37. The summed E-state index contributed by atoms with van der Waals surface area (Å²) in [6, 6.07) is 15.4. The Bertz CT molecular complexity index is 1210. The minimum Gasteiger partial charge on any atom is -0.346 e. The van der Waals surface area contributed by atoms with Crippen molar-refractivity contribution < 1.29 is 0 Å². The molecule has 1 unspecified atom stereocenters. The number of anilines is 1. The van der Waals surface area contributed by atoms with Gasteiger partial charge < -0.3 is 4.90 Å². The molecule has 2 aliphatic rings. The van der Waals surface area contributed by atoms with Crippen LogP contribution in [0.3, 0.4) is 0 Å². The Labute approximate surface area is 237 Å². The van der Waals surface area contributed by atoms with Crippen LogP contribution in [0.25, 0.3) is 6.08 Å². The van der Waals surface area contributed by atoms with Crippen molar-refractivity contribution in [3.63, 3.8) is 0 Å². The van der Waals surface area contributed by atoms with Crippen LogP contribution in [-0.2, 0) is 6.42 Å². The Kier molecular flexibility index (Phi) is 9.99. The quantitative estimate of drug-likeness (QED) is 0.312. The van der Waals surface area contributed by atoms with Crippen molar-refractivity contribution in [1.82, 2.24) is 9.80 Å². The van der Waals surface area contributed by atoms with E-state index in [2.05, 4.69) is 104 Å². The van der Waals surface area contributed by atoms with Gasteiger partial charge in [-0.15, -0.1) is 0 Å². The summed E-state index contributed by atoms with van der Waals surface area (Å²) in [6.45, 7) is 25.1. The summed E-state index contributed by atoms with van der Waals surface area (Å²) >= 11 is 0. The summed E-state index contributed by atoms with van der Waals surface area (Å²) in [5.74, 6) is 0.328. The molecule has 1 fully saturated rings. The molecule has 0 spiro atoms. The molecule has 208 valence electrons. The maximum absolute atomic E-state index is 4.84. The Morgan fingerprint density at radius 3 is 2.31 bits per heavy atom. The molecule has 2 aromatic carbocycles. The van der Waals surface area contributed by atoms with Crippen LogP contribution < -0.4 is 4.90 Å². The summed E-state index contributed by atoms with van der Waals surface area (Å²) in [7, 11) is 1.95. The maximum Gasteiger partial charge on any atom is 0.0491 e. The molecule has 39 heavy (non-hydrogen) atoms. The molecule has 0 bridgehead atoms. The second kappa shape index (κ2) is 13.4. The first-order valence-corrected chi connectivity index (χ1v) is 14.7. The van der Waals surface area contributed by atoms with E-state index in [1.807, 2.05) is 7.05 Å². The third kappa shape index (κ3) is 7.17. The van der Waals surface area contributed by atoms with Gasteiger partial charge in [-0.25, -0.2) is 0 Å². The fraction of sp³-hybridized carbons (Fsp3) is 0.457. The van der Waals surface area contributed by atoms with Crippen molar-refractivity contribution in [2.75, 3.05) is 57.8 Å². The predicted octanol–water partition coefficient (Wildman–Crippen LogP) is 7.00. The molecule has 4 rings (SSSR count). The number of aryl methyl sites for hydroxylation is 2. The van der Waals surface area contributed by atoms with Crippen LogP contribution in [-0.4, -0.2) is 68.4 Å². The normalized spacial score (nSPS) is 19.7. The summed E-state index contributed by atoms with van der Waals surface area (Å²) in [4.78, 5) is 12.4. The predicted molar refractivity (Wildman–Crippen MR) is 170 cm³/mol. The summed E-state index contributed by atoms with van der Waals surface area (Å²) < 4.78 is 0. The standard InChI is InChI=1S/C35H48N4/c1-8-16-39(26(2)3)34-23-31-14-15-32(35(36-7)33(31)22-28(34)5)29(6)25-38-19-17-37(18-20-38)24-27(4)21-30-12-10-9-11-13-30/h9-13,21-23,32H,2,6,8,14-20,24-25H2,1,3-5,7H3/b27-21+,36-35?. The Morgan fingerprint density at radius 1 is 1.03 bits per heavy atom. The number of allylic oxidation sites excluding steroid dienone is 1. The highest BCUT2D eigenvalue weighted by molar-refractivity contribution is 6.06. The van der Waals surface area contributed by atoms with Crippen LogP contribution in [0.4, 0.5) is 5.69 Å². The molecule has 1 aliphatic heterocycles. The highest BCUT2D eigenvalue weighted by Crippen LogP contribution is 2.35. The zero-order chi connectivity index (χ0) is 27.9. The van der Waals surface area contributed by atoms with Crippen molar-refractivity contribution in [3.05, 3.63) is 94.7 Å². The lowest BCUT2D eigenvalue weighted by atomic mass is 9.77. The number of piperazine rings is 1. The van der Waals surface area contributed by atoms with E-state index in [0.29, 0.717) is 5.92 Å². The van der Waals surface area contributed by atoms with Gasteiger partial charge in [-0.2, -0.15) is 0 Å². The van der Waals surface area contributed by atoms with Gasteiger partial charge in [-0.3, -0.25) is 14.8 Å². The number of hydrogen-bond donors (Lipinski definition) is 0. The van der Waals surface area contributed by atoms with E-state index in [0.717, 1.165) is 70.8 Å². The minimum atomic E-state index is 0.328. The molecule has 2 aromatic rings. The third-order valence-corrected chi connectivity index (χ3v) is 8.24. The van der Waals surface area contributed by atoms with E-state index >= 15 is 0 Å². The van der Waals surface area contributed by atoms with E-state index < -0.39 is 0 Å². The molecule has 0 amide bonds. The molecule has 0 N–H and O–H groups in total. The van der Waals surface area contributed by atoms with E-state index in [-0.39, 0.29) is 0 Å². The maximum atomic E-state index is 4.84. The van der Waals surface area contributed by atoms with Gasteiger partial charge in [-0.1, -0.05) is 67.6 Å². The first-order chi connectivity index (χ1) is 18.8. The molecule has 1 heterocycles. The van der Waals surface area contributed by atoms with Crippen LogP contribution in [0, 0.1) is 12.8 Å². The van der Waals surface area contributed by atoms with Gasteiger partial charge >= 0.3 is 0 Å². The third-order valence-electron chi connectivity index (χ3n) is 8.24. The molecule has 1 saturated heterocycles. The van der Waals surface area contributed by atoms with Crippen molar-refractivity contribution in [1.29, 1.82) is 0 Å². The summed E-state index contributed by atoms with van der Waals surface area (Å²) in [5, 5.41) is 0. The van der Waals surface area contributed by atoms with Crippen molar-refractivity contribution in [3.8, 4) is 0 Å². The van der Waals surface area contributed by atoms with Gasteiger partial charge in [0.05, 0.1) is 0 Å². The molecular weight excluding hydrogens is 476 g/mol. The minimum absolute atomic E-state index is 0.328. The molecule has 1 atom stereocenters. The van der Waals surface area contributed by atoms with Crippen molar-refractivity contribution in [2.24, 2.45) is 10.9 Å². The molecule has 0 aromatic heterocycles. The topological polar surface area (TPSA) is 22.1 Å². The number of aliphatic imine (C=N–C) groups is 1. The molecular formula is C35H48N4. The van der Waals surface area contributed by atoms with Crippen LogP contribution in [0.2, 0.25) is 0 Å². The van der Waals surface area contributed by atoms with Crippen LogP contribution in [0.5, 0.6) is 0 Å². The van der Waals surface area contributed by atoms with Crippen LogP contribution >= 0.6 is 0 Å². The van der Waals surface area contributed by atoms with Gasteiger partial charge in [0.25, 0.3) is 0 Å². The number of rotatable bonds is 10. The first kappa shape index (κ1) is 29.0. The SMILES string of the molecule is C=C(CN1CCN(C/C(C)=C/c2ccccc2)CC1)C1CCc2cc(N(CCC)C(=C)C)c(C)cc2C1=NC. The van der Waals surface area contributed by atoms with E-state index in [4.69, 9.17) is 4.99 Å². The highest BCUT2D eigenvalue weighted by Gasteiger charge is 2.30. The molecule has 1 aliphatic carbocycles. The summed E-state index contributed by atoms with van der Waals surface area (Å²) in [5.41, 5.74) is 11.7. The monoisotopic (exact) mass is 524 g/mol. The average Bonchev–Trinajstić information content (AvgIpc) is 2.92. The second-order valence-electron chi connectivity index (χ2n) is 11.5. The first-order valence-electron chi connectivity index (χ1n) is 14.7. The fourth-order valence-electron chi connectivity index (χ4n) is 6.25. The van der Waals surface area contributed by atoms with Gasteiger partial charge in [-0.05, 0) is 74.4 Å². The Hall–Kier alpha value is -2.95. The summed E-state index contributed by atoms with van der Waals surface area (Å²) in [6.07, 6.45) is 5.57. The highest BCUT2D eigenvalue weighted by atomic mass is 15.3. The second-order valence-corrected chi connectivity index (χ2v) is 11.5. The molecule has 4 nitrogen and oxygen atoms in total. The molecule has 0 saturated carbocycles. The number of nitrogens with zero attached hydrogens (tertiary/aromatic N) is 4. The zero-order valence-corrected chi connectivity index (χ0v) is 25.0. The fourth-order valence-corrected chi connectivity index (χ4v) is 6.25. The van der Waals surface area contributed by atoms with Gasteiger partial charge in [0, 0.05) is 75.9 Å². The average molecular weight is 525 g/mol. The molecule has 0 radical (unpaired) electrons. The number of hydrogen-bond acceptors (Lipinski definition) is 4. The van der Waals surface area contributed by atoms with Crippen molar-refractivity contribution >= 4 is 17.5 Å². The van der Waals surface area contributed by atoms with Gasteiger partial charge in [0.15, 0.2) is 0 Å².